The highest BCUT2D eigenvalue weighted by molar-refractivity contribution is 7.99. The van der Waals surface area contributed by atoms with Gasteiger partial charge in [0.05, 0.1) is 10.8 Å². The van der Waals surface area contributed by atoms with Crippen LogP contribution in [0.1, 0.15) is 41.7 Å². The molecule has 0 bridgehead atoms. The van der Waals surface area contributed by atoms with Crippen molar-refractivity contribution in [2.75, 3.05) is 11.6 Å². The number of hydrogen-bond acceptors (Lipinski definition) is 5. The third-order valence-electron chi connectivity index (χ3n) is 4.23. The standard InChI is InChI=1S/C18H20F3N3O2S2/c1-9-10-5-6-12(18(19,20)21)22-15(10)28-13(9)16(26)24-8-27-7-11(24)14(25)23-17(2,3)4/h5-6,11H,7-8H2,1-4H3,(H,23,25). The van der Waals surface area contributed by atoms with Crippen LogP contribution in [0.25, 0.3) is 10.2 Å². The van der Waals surface area contributed by atoms with E-state index in [0.717, 1.165) is 17.4 Å². The van der Waals surface area contributed by atoms with E-state index in [1.807, 2.05) is 20.8 Å². The topological polar surface area (TPSA) is 62.3 Å². The molecule has 1 saturated heterocycles. The summed E-state index contributed by atoms with van der Waals surface area (Å²) >= 11 is 2.40. The lowest BCUT2D eigenvalue weighted by Gasteiger charge is -2.27. The second-order valence-electron chi connectivity index (χ2n) is 7.63. The molecule has 1 N–H and O–H groups in total. The third kappa shape index (κ3) is 4.12. The van der Waals surface area contributed by atoms with Crippen molar-refractivity contribution in [1.29, 1.82) is 0 Å². The van der Waals surface area contributed by atoms with Crippen LogP contribution in [0.3, 0.4) is 0 Å². The first kappa shape index (κ1) is 20.9. The van der Waals surface area contributed by atoms with Gasteiger partial charge in [-0.1, -0.05) is 0 Å². The lowest BCUT2D eigenvalue weighted by atomic mass is 10.1. The molecule has 2 amide bonds. The van der Waals surface area contributed by atoms with Gasteiger partial charge in [0.15, 0.2) is 0 Å². The number of thioether (sulfide) groups is 1. The molecule has 2 aromatic heterocycles. The van der Waals surface area contributed by atoms with E-state index in [0.29, 0.717) is 27.5 Å². The van der Waals surface area contributed by atoms with Gasteiger partial charge in [-0.2, -0.15) is 13.2 Å². The molecule has 3 rings (SSSR count). The van der Waals surface area contributed by atoms with Gasteiger partial charge in [-0.25, -0.2) is 4.98 Å². The Hall–Kier alpha value is -1.81. The molecule has 2 aromatic rings. The van der Waals surface area contributed by atoms with Crippen molar-refractivity contribution < 1.29 is 22.8 Å². The number of thiophene rings is 1. The molecule has 0 spiro atoms. The number of hydrogen-bond donors (Lipinski definition) is 1. The molecule has 152 valence electrons. The maximum absolute atomic E-state index is 13.1. The van der Waals surface area contributed by atoms with Crippen molar-refractivity contribution in [3.8, 4) is 0 Å². The van der Waals surface area contributed by atoms with Gasteiger partial charge in [-0.15, -0.1) is 23.1 Å². The first-order valence-corrected chi connectivity index (χ1v) is 10.5. The Kier molecular flexibility index (Phi) is 5.39. The van der Waals surface area contributed by atoms with E-state index in [9.17, 15) is 22.8 Å². The summed E-state index contributed by atoms with van der Waals surface area (Å²) in [6.07, 6.45) is -4.54. The average molecular weight is 432 g/mol. The minimum atomic E-state index is -4.54. The molecule has 0 radical (unpaired) electrons. The number of alkyl halides is 3. The van der Waals surface area contributed by atoms with Crippen LogP contribution >= 0.6 is 23.1 Å². The van der Waals surface area contributed by atoms with Crippen LogP contribution in [0.5, 0.6) is 0 Å². The van der Waals surface area contributed by atoms with Crippen LogP contribution in [0.15, 0.2) is 12.1 Å². The van der Waals surface area contributed by atoms with E-state index >= 15 is 0 Å². The molecular weight excluding hydrogens is 411 g/mol. The highest BCUT2D eigenvalue weighted by Gasteiger charge is 2.38. The summed E-state index contributed by atoms with van der Waals surface area (Å²) in [7, 11) is 0. The molecule has 1 fully saturated rings. The van der Waals surface area contributed by atoms with Gasteiger partial charge in [0, 0.05) is 16.7 Å². The van der Waals surface area contributed by atoms with E-state index in [-0.39, 0.29) is 16.6 Å². The van der Waals surface area contributed by atoms with E-state index < -0.39 is 23.5 Å². The third-order valence-corrected chi connectivity index (χ3v) is 6.43. The number of aromatic nitrogens is 1. The summed E-state index contributed by atoms with van der Waals surface area (Å²) in [5.41, 5.74) is -0.831. The molecule has 0 saturated carbocycles. The van der Waals surface area contributed by atoms with E-state index in [2.05, 4.69) is 10.3 Å². The zero-order valence-corrected chi connectivity index (χ0v) is 17.4. The average Bonchev–Trinajstić information content (AvgIpc) is 3.17. The number of halogens is 3. The van der Waals surface area contributed by atoms with Crippen LogP contribution < -0.4 is 5.32 Å². The van der Waals surface area contributed by atoms with E-state index in [1.165, 1.54) is 22.7 Å². The summed E-state index contributed by atoms with van der Waals surface area (Å²) in [4.78, 5) is 31.3. The lowest BCUT2D eigenvalue weighted by molar-refractivity contribution is -0.141. The van der Waals surface area contributed by atoms with Crippen LogP contribution in [-0.4, -0.2) is 44.9 Å². The Morgan fingerprint density at radius 3 is 2.54 bits per heavy atom. The first-order chi connectivity index (χ1) is 12.9. The fourth-order valence-corrected chi connectivity index (χ4v) is 5.19. The largest absolute Gasteiger partial charge is 0.433 e. The number of nitrogens with one attached hydrogen (secondary N) is 1. The summed E-state index contributed by atoms with van der Waals surface area (Å²) in [5, 5.41) is 3.40. The minimum Gasteiger partial charge on any atom is -0.350 e. The SMILES string of the molecule is Cc1c(C(=O)N2CSCC2C(=O)NC(C)(C)C)sc2nc(C(F)(F)F)ccc12. The summed E-state index contributed by atoms with van der Waals surface area (Å²) in [5.74, 6) is 0.250. The molecule has 1 unspecified atom stereocenters. The number of aryl methyl sites for hydroxylation is 1. The predicted octanol–water partition coefficient (Wildman–Crippen LogP) is 4.05. The molecule has 3 heterocycles. The van der Waals surface area contributed by atoms with E-state index in [1.54, 1.807) is 6.92 Å². The Bertz CT molecular complexity index is 935. The predicted molar refractivity (Wildman–Crippen MR) is 105 cm³/mol. The number of fused-ring (bicyclic) bond motifs is 1. The summed E-state index contributed by atoms with van der Waals surface area (Å²) < 4.78 is 38.8. The minimum absolute atomic E-state index is 0.165. The zero-order valence-electron chi connectivity index (χ0n) is 15.8. The maximum Gasteiger partial charge on any atom is 0.433 e. The number of rotatable bonds is 2. The highest BCUT2D eigenvalue weighted by atomic mass is 32.2. The highest BCUT2D eigenvalue weighted by Crippen LogP contribution is 2.36. The van der Waals surface area contributed by atoms with Crippen LogP contribution in [0, 0.1) is 6.92 Å². The van der Waals surface area contributed by atoms with Gasteiger partial charge in [0.2, 0.25) is 5.91 Å². The van der Waals surface area contributed by atoms with Gasteiger partial charge in [-0.3, -0.25) is 9.59 Å². The summed E-state index contributed by atoms with van der Waals surface area (Å²) in [6.45, 7) is 7.27. The van der Waals surface area contributed by atoms with Crippen LogP contribution in [0.2, 0.25) is 0 Å². The normalized spacial score (nSPS) is 18.0. The molecule has 1 aliphatic rings. The van der Waals surface area contributed by atoms with Crippen LogP contribution in [0.4, 0.5) is 13.2 Å². The number of carbonyl (C=O) groups excluding carboxylic acids is 2. The van der Waals surface area contributed by atoms with Gasteiger partial charge in [0.25, 0.3) is 5.91 Å². The summed E-state index contributed by atoms with van der Waals surface area (Å²) in [6, 6.07) is 1.65. The second-order valence-corrected chi connectivity index (χ2v) is 9.63. The number of carbonyl (C=O) groups is 2. The van der Waals surface area contributed by atoms with Crippen LogP contribution in [-0.2, 0) is 11.0 Å². The fourth-order valence-electron chi connectivity index (χ4n) is 2.90. The molecule has 0 aliphatic carbocycles. The molecular formula is C18H20F3N3O2S2. The van der Waals surface area contributed by atoms with E-state index in [4.69, 9.17) is 0 Å². The molecule has 10 heteroatoms. The quantitative estimate of drug-likeness (QED) is 0.779. The van der Waals surface area contributed by atoms with Crippen molar-refractivity contribution in [2.24, 2.45) is 0 Å². The Morgan fingerprint density at radius 2 is 1.93 bits per heavy atom. The number of amides is 2. The van der Waals surface area contributed by atoms with Crippen molar-refractivity contribution in [1.82, 2.24) is 15.2 Å². The fraction of sp³-hybridized carbons (Fsp3) is 0.500. The van der Waals surface area contributed by atoms with Crippen molar-refractivity contribution in [2.45, 2.75) is 45.5 Å². The molecule has 28 heavy (non-hydrogen) atoms. The Balaban J connectivity index is 1.92. The number of pyridine rings is 1. The number of nitrogens with zero attached hydrogens (tertiary/aromatic N) is 2. The Morgan fingerprint density at radius 1 is 1.25 bits per heavy atom. The lowest BCUT2D eigenvalue weighted by Crippen LogP contribution is -2.52. The smallest absolute Gasteiger partial charge is 0.350 e. The van der Waals surface area contributed by atoms with Gasteiger partial charge in [0.1, 0.15) is 16.6 Å². The van der Waals surface area contributed by atoms with Gasteiger partial charge < -0.3 is 10.2 Å². The maximum atomic E-state index is 13.1. The van der Waals surface area contributed by atoms with Gasteiger partial charge >= 0.3 is 6.18 Å². The second kappa shape index (κ2) is 7.22. The van der Waals surface area contributed by atoms with Crippen molar-refractivity contribution in [3.05, 3.63) is 28.3 Å². The zero-order chi connectivity index (χ0) is 20.9. The Labute approximate surface area is 168 Å². The monoisotopic (exact) mass is 431 g/mol. The first-order valence-electron chi connectivity index (χ1n) is 8.56. The van der Waals surface area contributed by atoms with Gasteiger partial charge in [-0.05, 0) is 45.4 Å². The molecule has 1 aliphatic heterocycles. The van der Waals surface area contributed by atoms with Crippen molar-refractivity contribution in [3.63, 3.8) is 0 Å². The molecule has 5 nitrogen and oxygen atoms in total. The van der Waals surface area contributed by atoms with Crippen molar-refractivity contribution >= 4 is 45.1 Å². The molecule has 1 atom stereocenters. The molecule has 0 aromatic carbocycles.